The van der Waals surface area contributed by atoms with E-state index < -0.39 is 15.8 Å². The first kappa shape index (κ1) is 15.8. The minimum atomic E-state index is -3.86. The molecule has 0 aliphatic rings. The van der Waals surface area contributed by atoms with Crippen LogP contribution in [-0.4, -0.2) is 17.8 Å². The Morgan fingerprint density at radius 1 is 1.12 bits per heavy atom. The smallest absolute Gasteiger partial charge is 0.261 e. The molecular weight excluding hydrogens is 361 g/mol. The molecule has 0 aliphatic heterocycles. The molecule has 0 unspecified atom stereocenters. The summed E-state index contributed by atoms with van der Waals surface area (Å²) in [6.45, 7) is 0. The molecule has 0 amide bonds. The first-order valence-electron chi connectivity index (χ1n) is 7.32. The Morgan fingerprint density at radius 3 is 2.76 bits per heavy atom. The van der Waals surface area contributed by atoms with E-state index in [1.165, 1.54) is 29.5 Å². The van der Waals surface area contributed by atoms with Gasteiger partial charge in [-0.15, -0.1) is 11.3 Å². The molecule has 0 aliphatic carbocycles. The van der Waals surface area contributed by atoms with E-state index in [1.54, 1.807) is 18.2 Å². The summed E-state index contributed by atoms with van der Waals surface area (Å²) in [6, 6.07) is 11.8. The van der Waals surface area contributed by atoms with Gasteiger partial charge in [0.2, 0.25) is 0 Å². The van der Waals surface area contributed by atoms with E-state index in [9.17, 15) is 12.8 Å². The maximum absolute atomic E-state index is 13.3. The molecule has 0 bridgehead atoms. The van der Waals surface area contributed by atoms with Crippen molar-refractivity contribution in [1.29, 1.82) is 0 Å². The highest BCUT2D eigenvalue weighted by Gasteiger charge is 2.15. The van der Waals surface area contributed by atoms with E-state index in [1.807, 2.05) is 28.2 Å². The van der Waals surface area contributed by atoms with Gasteiger partial charge in [0.25, 0.3) is 10.0 Å². The quantitative estimate of drug-likeness (QED) is 0.588. The van der Waals surface area contributed by atoms with E-state index >= 15 is 0 Å². The van der Waals surface area contributed by atoms with Gasteiger partial charge in [-0.25, -0.2) is 17.8 Å². The number of hydrogen-bond acceptors (Lipinski definition) is 4. The van der Waals surface area contributed by atoms with Crippen molar-refractivity contribution in [1.82, 2.24) is 9.38 Å². The van der Waals surface area contributed by atoms with Crippen molar-refractivity contribution < 1.29 is 12.8 Å². The lowest BCUT2D eigenvalue weighted by atomic mass is 10.1. The highest BCUT2D eigenvalue weighted by atomic mass is 32.2. The normalized spacial score (nSPS) is 11.7. The zero-order chi connectivity index (χ0) is 17.4. The third-order valence-electron chi connectivity index (χ3n) is 3.61. The number of rotatable bonds is 4. The fourth-order valence-corrected chi connectivity index (χ4v) is 4.24. The van der Waals surface area contributed by atoms with Crippen molar-refractivity contribution in [2.75, 3.05) is 4.72 Å². The van der Waals surface area contributed by atoms with Gasteiger partial charge >= 0.3 is 0 Å². The lowest BCUT2D eigenvalue weighted by Gasteiger charge is -2.09. The van der Waals surface area contributed by atoms with E-state index in [0.29, 0.717) is 5.69 Å². The Hall–Kier alpha value is -2.71. The molecule has 0 saturated heterocycles. The number of aromatic nitrogens is 2. The summed E-state index contributed by atoms with van der Waals surface area (Å²) >= 11 is 1.52. The standard InChI is InChI=1S/C17H12FN3O2S2/c18-13-4-2-6-15(10-13)25(22,23)20-14-5-1-3-12(9-14)16-11-21-7-8-24-17(21)19-16/h1-11,20H. The maximum Gasteiger partial charge on any atom is 0.261 e. The molecule has 4 rings (SSSR count). The second-order valence-corrected chi connectivity index (χ2v) is 7.92. The first-order chi connectivity index (χ1) is 12.0. The predicted octanol–water partition coefficient (Wildman–Crippen LogP) is 4.00. The van der Waals surface area contributed by atoms with E-state index in [4.69, 9.17) is 0 Å². The van der Waals surface area contributed by atoms with Crippen LogP contribution >= 0.6 is 11.3 Å². The molecule has 0 spiro atoms. The molecule has 2 aromatic heterocycles. The number of nitrogens with one attached hydrogen (secondary N) is 1. The molecule has 4 aromatic rings. The highest BCUT2D eigenvalue weighted by molar-refractivity contribution is 7.92. The van der Waals surface area contributed by atoms with Gasteiger partial charge in [0.1, 0.15) is 5.82 Å². The van der Waals surface area contributed by atoms with E-state index in [0.717, 1.165) is 22.3 Å². The molecule has 8 heteroatoms. The van der Waals surface area contributed by atoms with Crippen LogP contribution in [0.25, 0.3) is 16.2 Å². The van der Waals surface area contributed by atoms with Crippen LogP contribution < -0.4 is 4.72 Å². The van der Waals surface area contributed by atoms with Crippen molar-refractivity contribution in [2.45, 2.75) is 4.90 Å². The SMILES string of the molecule is O=S(=O)(Nc1cccc(-c2cn3ccsc3n2)c1)c1cccc(F)c1. The Bertz CT molecular complexity index is 1140. The van der Waals surface area contributed by atoms with Crippen molar-refractivity contribution >= 4 is 32.0 Å². The molecule has 0 saturated carbocycles. The van der Waals surface area contributed by atoms with Gasteiger partial charge < -0.3 is 0 Å². The number of fused-ring (bicyclic) bond motifs is 1. The summed E-state index contributed by atoms with van der Waals surface area (Å²) in [6.07, 6.45) is 3.79. The van der Waals surface area contributed by atoms with Crippen LogP contribution in [0.1, 0.15) is 0 Å². The second-order valence-electron chi connectivity index (χ2n) is 5.36. The Kier molecular flexibility index (Phi) is 3.78. The summed E-state index contributed by atoms with van der Waals surface area (Å²) < 4.78 is 42.5. The van der Waals surface area contributed by atoms with Gasteiger partial charge in [0.15, 0.2) is 4.96 Å². The molecule has 126 valence electrons. The molecule has 1 N–H and O–H groups in total. The molecule has 2 aromatic carbocycles. The number of nitrogens with zero attached hydrogens (tertiary/aromatic N) is 2. The zero-order valence-electron chi connectivity index (χ0n) is 12.8. The summed E-state index contributed by atoms with van der Waals surface area (Å²) in [5.74, 6) is -0.602. The molecule has 25 heavy (non-hydrogen) atoms. The monoisotopic (exact) mass is 373 g/mol. The molecule has 5 nitrogen and oxygen atoms in total. The van der Waals surface area contributed by atoms with Crippen LogP contribution in [-0.2, 0) is 10.0 Å². The third kappa shape index (κ3) is 3.13. The lowest BCUT2D eigenvalue weighted by molar-refractivity contribution is 0.595. The lowest BCUT2D eigenvalue weighted by Crippen LogP contribution is -2.13. The topological polar surface area (TPSA) is 63.5 Å². The van der Waals surface area contributed by atoms with Gasteiger partial charge in [-0.3, -0.25) is 9.12 Å². The van der Waals surface area contributed by atoms with Gasteiger partial charge in [0, 0.05) is 29.0 Å². The van der Waals surface area contributed by atoms with Gasteiger partial charge in [0.05, 0.1) is 10.6 Å². The van der Waals surface area contributed by atoms with Crippen LogP contribution in [0.15, 0.2) is 71.2 Å². The Balaban J connectivity index is 1.66. The number of halogens is 1. The average molecular weight is 373 g/mol. The predicted molar refractivity (Wildman–Crippen MR) is 95.7 cm³/mol. The number of benzene rings is 2. The molecule has 0 fully saturated rings. The average Bonchev–Trinajstić information content (AvgIpc) is 3.16. The number of hydrogen-bond donors (Lipinski definition) is 1. The van der Waals surface area contributed by atoms with Crippen LogP contribution in [0.4, 0.5) is 10.1 Å². The number of thiazole rings is 1. The Labute approximate surface area is 147 Å². The van der Waals surface area contributed by atoms with Gasteiger partial charge in [-0.2, -0.15) is 0 Å². The minimum Gasteiger partial charge on any atom is -0.297 e. The summed E-state index contributed by atoms with van der Waals surface area (Å²) in [5, 5.41) is 1.94. The number of imidazole rings is 1. The summed E-state index contributed by atoms with van der Waals surface area (Å²) in [7, 11) is -3.86. The fourth-order valence-electron chi connectivity index (χ4n) is 2.46. The molecule has 0 atom stereocenters. The van der Waals surface area contributed by atoms with Crippen LogP contribution in [0.3, 0.4) is 0 Å². The van der Waals surface area contributed by atoms with Crippen molar-refractivity contribution in [3.05, 3.63) is 72.1 Å². The van der Waals surface area contributed by atoms with Gasteiger partial charge in [-0.1, -0.05) is 18.2 Å². The fraction of sp³-hybridized carbons (Fsp3) is 0. The first-order valence-corrected chi connectivity index (χ1v) is 9.69. The number of sulfonamides is 1. The van der Waals surface area contributed by atoms with Crippen molar-refractivity contribution in [2.24, 2.45) is 0 Å². The number of anilines is 1. The second kappa shape index (κ2) is 5.98. The van der Waals surface area contributed by atoms with Crippen molar-refractivity contribution in [3.63, 3.8) is 0 Å². The van der Waals surface area contributed by atoms with Crippen LogP contribution in [0, 0.1) is 5.82 Å². The maximum atomic E-state index is 13.3. The van der Waals surface area contributed by atoms with Gasteiger partial charge in [-0.05, 0) is 30.3 Å². The largest absolute Gasteiger partial charge is 0.297 e. The molecule has 2 heterocycles. The van der Waals surface area contributed by atoms with Crippen molar-refractivity contribution in [3.8, 4) is 11.3 Å². The van der Waals surface area contributed by atoms with Crippen LogP contribution in [0.5, 0.6) is 0 Å². The summed E-state index contributed by atoms with van der Waals surface area (Å²) in [5.41, 5.74) is 1.92. The highest BCUT2D eigenvalue weighted by Crippen LogP contribution is 2.25. The zero-order valence-corrected chi connectivity index (χ0v) is 14.4. The third-order valence-corrected chi connectivity index (χ3v) is 5.76. The minimum absolute atomic E-state index is 0.125. The molecular formula is C17H12FN3O2S2. The Morgan fingerprint density at radius 2 is 1.96 bits per heavy atom. The summed E-state index contributed by atoms with van der Waals surface area (Å²) in [4.78, 5) is 5.24. The molecule has 0 radical (unpaired) electrons. The van der Waals surface area contributed by atoms with E-state index in [2.05, 4.69) is 9.71 Å². The van der Waals surface area contributed by atoms with E-state index in [-0.39, 0.29) is 4.90 Å². The van der Waals surface area contributed by atoms with Crippen LogP contribution in [0.2, 0.25) is 0 Å².